The van der Waals surface area contributed by atoms with E-state index < -0.39 is 30.1 Å². The number of carboxylic acid groups (broad SMARTS) is 1. The summed E-state index contributed by atoms with van der Waals surface area (Å²) in [5.74, 6) is -1.04. The maximum absolute atomic E-state index is 13.2. The van der Waals surface area contributed by atoms with Gasteiger partial charge in [-0.05, 0) is 19.9 Å². The van der Waals surface area contributed by atoms with Gasteiger partial charge in [-0.3, -0.25) is 14.7 Å². The Bertz CT molecular complexity index is 1120. The Balaban J connectivity index is 1.83. The second-order valence-corrected chi connectivity index (χ2v) is 9.11. The number of nitrogens with zero attached hydrogens (tertiary/aromatic N) is 3. The molecule has 2 aromatic rings. The smallest absolute Gasteiger partial charge is 0.338 e. The summed E-state index contributed by atoms with van der Waals surface area (Å²) in [7, 11) is 0. The molecule has 2 aliphatic heterocycles. The lowest BCUT2D eigenvalue weighted by atomic mass is 9.95. The van der Waals surface area contributed by atoms with Crippen molar-refractivity contribution < 1.29 is 24.2 Å². The van der Waals surface area contributed by atoms with E-state index in [2.05, 4.69) is 10.3 Å². The third kappa shape index (κ3) is 5.00. The highest BCUT2D eigenvalue weighted by Gasteiger charge is 2.39. The van der Waals surface area contributed by atoms with Gasteiger partial charge in [0.2, 0.25) is 0 Å². The second kappa shape index (κ2) is 10.6. The largest absolute Gasteiger partial charge is 0.480 e. The fraction of sp³-hybridized carbons (Fsp3) is 0.391. The summed E-state index contributed by atoms with van der Waals surface area (Å²) in [6.07, 6.45) is 1.16. The van der Waals surface area contributed by atoms with Crippen LogP contribution in [0, 0.1) is 0 Å². The molecule has 0 spiro atoms. The second-order valence-electron chi connectivity index (χ2n) is 7.81. The highest BCUT2D eigenvalue weighted by Crippen LogP contribution is 2.36. The van der Waals surface area contributed by atoms with Crippen LogP contribution in [0.15, 0.2) is 52.1 Å². The minimum atomic E-state index is -0.988. The van der Waals surface area contributed by atoms with Crippen LogP contribution in [0.2, 0.25) is 5.02 Å². The molecular formula is C23H25ClN4O5S. The van der Waals surface area contributed by atoms with Gasteiger partial charge in [-0.2, -0.15) is 0 Å². The molecule has 2 aliphatic rings. The van der Waals surface area contributed by atoms with Gasteiger partial charge in [0.05, 0.1) is 24.9 Å². The molecule has 34 heavy (non-hydrogen) atoms. The first-order valence-electron chi connectivity index (χ1n) is 10.9. The van der Waals surface area contributed by atoms with Crippen LogP contribution in [-0.4, -0.2) is 71.2 Å². The number of thiazole rings is 1. The number of carbonyl (C=O) groups excluding carboxylic acids is 1. The molecule has 4 rings (SSSR count). The van der Waals surface area contributed by atoms with E-state index >= 15 is 0 Å². The van der Waals surface area contributed by atoms with Gasteiger partial charge in [-0.15, -0.1) is 11.3 Å². The van der Waals surface area contributed by atoms with Crippen molar-refractivity contribution in [3.8, 4) is 0 Å². The molecule has 0 radical (unpaired) electrons. The van der Waals surface area contributed by atoms with Crippen LogP contribution in [0.3, 0.4) is 0 Å². The van der Waals surface area contributed by atoms with E-state index in [4.69, 9.17) is 26.1 Å². The Labute approximate surface area is 206 Å². The number of aromatic nitrogens is 1. The van der Waals surface area contributed by atoms with Crippen LogP contribution in [0.25, 0.3) is 0 Å². The third-order valence-electron chi connectivity index (χ3n) is 5.67. The van der Waals surface area contributed by atoms with Crippen LogP contribution in [0.1, 0.15) is 30.5 Å². The molecular weight excluding hydrogens is 480 g/mol. The molecule has 2 N–H and O–H groups in total. The summed E-state index contributed by atoms with van der Waals surface area (Å²) in [4.78, 5) is 36.2. The predicted octanol–water partition coefficient (Wildman–Crippen LogP) is 2.88. The van der Waals surface area contributed by atoms with Crippen molar-refractivity contribution in [1.82, 2.24) is 15.2 Å². The van der Waals surface area contributed by atoms with Gasteiger partial charge in [0, 0.05) is 40.9 Å². The highest BCUT2D eigenvalue weighted by atomic mass is 35.5. The Morgan fingerprint density at radius 1 is 1.38 bits per heavy atom. The van der Waals surface area contributed by atoms with Gasteiger partial charge in [0.15, 0.2) is 10.8 Å². The normalized spacial score (nSPS) is 23.3. The van der Waals surface area contributed by atoms with E-state index in [1.54, 1.807) is 37.1 Å². The van der Waals surface area contributed by atoms with E-state index in [1.807, 2.05) is 17.5 Å². The lowest BCUT2D eigenvalue weighted by molar-refractivity contribution is -0.155. The molecule has 0 saturated carbocycles. The van der Waals surface area contributed by atoms with Crippen LogP contribution < -0.4 is 5.32 Å². The molecule has 1 saturated heterocycles. The molecule has 0 bridgehead atoms. The topological polar surface area (TPSA) is 113 Å². The minimum absolute atomic E-state index is 0.157. The van der Waals surface area contributed by atoms with Gasteiger partial charge in [0.25, 0.3) is 0 Å². The molecule has 9 nitrogen and oxygen atoms in total. The standard InChI is InChI=1S/C23H25ClN4O5S/c1-3-32-23(31)17-16(12-28-9-10-33-13(2)19(28)22(29)30)26-20(21-25-8-11-34-21)27-18(17)14-6-4-5-7-15(14)24/h4-8,11,13,18-19H,3,9-10,12H2,1-2H3,(H,26,27)(H,29,30)/t13-,18?,19+/m1/s1. The van der Waals surface area contributed by atoms with Gasteiger partial charge in [-0.1, -0.05) is 29.8 Å². The van der Waals surface area contributed by atoms with Crippen LogP contribution in [-0.2, 0) is 19.1 Å². The van der Waals surface area contributed by atoms with Crippen molar-refractivity contribution in [3.63, 3.8) is 0 Å². The molecule has 1 aromatic carbocycles. The first-order chi connectivity index (χ1) is 16.4. The lowest BCUT2D eigenvalue weighted by Gasteiger charge is -2.38. The number of rotatable bonds is 7. The number of hydrogen-bond donors (Lipinski definition) is 2. The van der Waals surface area contributed by atoms with Gasteiger partial charge < -0.3 is 19.9 Å². The number of morpholine rings is 1. The van der Waals surface area contributed by atoms with Crippen molar-refractivity contribution in [2.24, 2.45) is 4.99 Å². The van der Waals surface area contributed by atoms with Gasteiger partial charge in [0.1, 0.15) is 12.1 Å². The number of amidine groups is 1. The molecule has 180 valence electrons. The Morgan fingerprint density at radius 3 is 2.85 bits per heavy atom. The minimum Gasteiger partial charge on any atom is -0.480 e. The zero-order chi connectivity index (χ0) is 24.2. The number of ether oxygens (including phenoxy) is 2. The molecule has 0 aliphatic carbocycles. The fourth-order valence-corrected chi connectivity index (χ4v) is 4.99. The Morgan fingerprint density at radius 2 is 2.18 bits per heavy atom. The number of benzene rings is 1. The van der Waals surface area contributed by atoms with Crippen molar-refractivity contribution in [3.05, 3.63) is 62.7 Å². The number of aliphatic imine (C=N–C) groups is 1. The SMILES string of the molecule is CCOC(=O)C1=C(CN2CCO[C@H](C)[C@H]2C(=O)O)NC(c2nccs2)=NC1c1ccccc1Cl. The van der Waals surface area contributed by atoms with Crippen molar-refractivity contribution in [1.29, 1.82) is 0 Å². The third-order valence-corrected chi connectivity index (χ3v) is 6.79. The Hall–Kier alpha value is -2.79. The number of halogens is 1. The van der Waals surface area contributed by atoms with E-state index in [-0.39, 0.29) is 13.2 Å². The number of esters is 1. The summed E-state index contributed by atoms with van der Waals surface area (Å²) in [6, 6.07) is 5.57. The molecule has 3 atom stereocenters. The summed E-state index contributed by atoms with van der Waals surface area (Å²) < 4.78 is 11.0. The summed E-state index contributed by atoms with van der Waals surface area (Å²) in [5, 5.41) is 16.0. The number of carboxylic acids is 1. The van der Waals surface area contributed by atoms with E-state index in [0.717, 1.165) is 0 Å². The zero-order valence-corrected chi connectivity index (χ0v) is 20.3. The molecule has 0 amide bonds. The first kappa shape index (κ1) is 24.3. The molecule has 1 aromatic heterocycles. The van der Waals surface area contributed by atoms with Crippen LogP contribution >= 0.6 is 22.9 Å². The number of nitrogens with one attached hydrogen (secondary N) is 1. The zero-order valence-electron chi connectivity index (χ0n) is 18.7. The average molecular weight is 505 g/mol. The summed E-state index contributed by atoms with van der Waals surface area (Å²) in [6.45, 7) is 4.57. The summed E-state index contributed by atoms with van der Waals surface area (Å²) in [5.41, 5.74) is 1.44. The summed E-state index contributed by atoms with van der Waals surface area (Å²) >= 11 is 7.92. The van der Waals surface area contributed by atoms with Crippen molar-refractivity contribution in [2.45, 2.75) is 32.0 Å². The number of hydrogen-bond acceptors (Lipinski definition) is 9. The maximum Gasteiger partial charge on any atom is 0.338 e. The number of aliphatic carboxylic acids is 1. The van der Waals surface area contributed by atoms with E-state index in [1.165, 1.54) is 11.3 Å². The van der Waals surface area contributed by atoms with Gasteiger partial charge in [-0.25, -0.2) is 9.78 Å². The quantitative estimate of drug-likeness (QED) is 0.553. The fourth-order valence-electron chi connectivity index (χ4n) is 4.16. The van der Waals surface area contributed by atoms with Gasteiger partial charge >= 0.3 is 11.9 Å². The van der Waals surface area contributed by atoms with Crippen molar-refractivity contribution >= 4 is 40.7 Å². The molecule has 1 unspecified atom stereocenters. The highest BCUT2D eigenvalue weighted by molar-refractivity contribution is 7.11. The molecule has 1 fully saturated rings. The molecule has 3 heterocycles. The Kier molecular flexibility index (Phi) is 7.62. The van der Waals surface area contributed by atoms with E-state index in [0.29, 0.717) is 45.9 Å². The molecule has 11 heteroatoms. The monoisotopic (exact) mass is 504 g/mol. The first-order valence-corrected chi connectivity index (χ1v) is 12.1. The lowest BCUT2D eigenvalue weighted by Crippen LogP contribution is -2.56. The maximum atomic E-state index is 13.2. The average Bonchev–Trinajstić information content (AvgIpc) is 3.34. The predicted molar refractivity (Wildman–Crippen MR) is 128 cm³/mol. The van der Waals surface area contributed by atoms with Crippen molar-refractivity contribution in [2.75, 3.05) is 26.3 Å². The van der Waals surface area contributed by atoms with Crippen LogP contribution in [0.5, 0.6) is 0 Å². The van der Waals surface area contributed by atoms with Crippen LogP contribution in [0.4, 0.5) is 0 Å². The van der Waals surface area contributed by atoms with E-state index in [9.17, 15) is 14.7 Å². The number of carbonyl (C=O) groups is 2.